The van der Waals surface area contributed by atoms with Gasteiger partial charge in [-0.1, -0.05) is 6.07 Å². The number of rotatable bonds is 2. The van der Waals surface area contributed by atoms with E-state index in [0.717, 1.165) is 0 Å². The minimum absolute atomic E-state index is 0.141. The third kappa shape index (κ3) is 3.15. The van der Waals surface area contributed by atoms with Crippen molar-refractivity contribution in [2.75, 3.05) is 31.1 Å². The zero-order valence-corrected chi connectivity index (χ0v) is 15.1. The molecular formula is C19H20F4N2O3. The van der Waals surface area contributed by atoms with Crippen molar-refractivity contribution in [3.63, 3.8) is 0 Å². The molecule has 2 aliphatic heterocycles. The molecule has 152 valence electrons. The molecule has 2 amide bonds. The van der Waals surface area contributed by atoms with Gasteiger partial charge in [0.2, 0.25) is 5.91 Å². The number of benzene rings is 1. The van der Waals surface area contributed by atoms with E-state index in [0.29, 0.717) is 18.5 Å². The second-order valence-electron chi connectivity index (χ2n) is 7.80. The topological polar surface area (TPSA) is 49.9 Å². The maximum Gasteiger partial charge on any atom is 0.403 e. The van der Waals surface area contributed by atoms with Crippen LogP contribution in [0.1, 0.15) is 25.7 Å². The maximum atomic E-state index is 13.5. The summed E-state index contributed by atoms with van der Waals surface area (Å²) in [4.78, 5) is 27.4. The summed E-state index contributed by atoms with van der Waals surface area (Å²) in [5, 5.41) is 0. The van der Waals surface area contributed by atoms with E-state index in [1.165, 1.54) is 28.0 Å². The SMILES string of the molecule is O=C1COC2(CCN(C(=O)C3(C(F)(F)F)CC3)CC2)CN1c1cccc(F)c1. The van der Waals surface area contributed by atoms with Gasteiger partial charge in [-0.15, -0.1) is 0 Å². The van der Waals surface area contributed by atoms with E-state index >= 15 is 0 Å². The average molecular weight is 400 g/mol. The highest BCUT2D eigenvalue weighted by molar-refractivity contribution is 5.95. The molecule has 3 fully saturated rings. The van der Waals surface area contributed by atoms with Crippen LogP contribution in [-0.2, 0) is 14.3 Å². The second-order valence-corrected chi connectivity index (χ2v) is 7.80. The molecule has 4 rings (SSSR count). The molecule has 1 spiro atoms. The molecule has 1 aromatic carbocycles. The lowest BCUT2D eigenvalue weighted by atomic mass is 9.88. The van der Waals surface area contributed by atoms with Crippen LogP contribution in [-0.4, -0.2) is 54.7 Å². The van der Waals surface area contributed by atoms with Gasteiger partial charge < -0.3 is 14.5 Å². The highest BCUT2D eigenvalue weighted by Crippen LogP contribution is 2.58. The number of carbonyl (C=O) groups is 2. The summed E-state index contributed by atoms with van der Waals surface area (Å²) >= 11 is 0. The molecule has 9 heteroatoms. The Morgan fingerprint density at radius 3 is 2.36 bits per heavy atom. The predicted molar refractivity (Wildman–Crippen MR) is 91.0 cm³/mol. The number of likely N-dealkylation sites (tertiary alicyclic amines) is 1. The second kappa shape index (κ2) is 6.43. The molecule has 0 radical (unpaired) electrons. The van der Waals surface area contributed by atoms with E-state index in [1.54, 1.807) is 6.07 Å². The molecule has 0 unspecified atom stereocenters. The van der Waals surface area contributed by atoms with Crippen molar-refractivity contribution in [3.8, 4) is 0 Å². The van der Waals surface area contributed by atoms with Crippen LogP contribution in [0, 0.1) is 11.2 Å². The Balaban J connectivity index is 1.45. The molecule has 0 atom stereocenters. The van der Waals surface area contributed by atoms with Gasteiger partial charge in [0.05, 0.1) is 12.1 Å². The summed E-state index contributed by atoms with van der Waals surface area (Å²) in [7, 11) is 0. The number of amides is 2. The molecule has 1 saturated carbocycles. The van der Waals surface area contributed by atoms with Gasteiger partial charge in [-0.2, -0.15) is 13.2 Å². The largest absolute Gasteiger partial charge is 0.403 e. The molecule has 2 heterocycles. The van der Waals surface area contributed by atoms with Crippen LogP contribution in [0.25, 0.3) is 0 Å². The summed E-state index contributed by atoms with van der Waals surface area (Å²) in [6.45, 7) is 0.280. The van der Waals surface area contributed by atoms with Crippen LogP contribution in [0.5, 0.6) is 0 Å². The number of alkyl halides is 3. The van der Waals surface area contributed by atoms with E-state index in [-0.39, 0.29) is 45.0 Å². The van der Waals surface area contributed by atoms with Crippen LogP contribution < -0.4 is 4.90 Å². The molecule has 1 aromatic rings. The molecule has 0 bridgehead atoms. The van der Waals surface area contributed by atoms with Crippen molar-refractivity contribution in [1.29, 1.82) is 0 Å². The number of hydrogen-bond donors (Lipinski definition) is 0. The number of ether oxygens (including phenoxy) is 1. The standard InChI is InChI=1S/C19H20F4N2O3/c20-13-2-1-3-14(10-13)25-12-17(28-11-15(25)26)6-8-24(9-7-17)16(27)18(4-5-18)19(21,22)23/h1-3,10H,4-9,11-12H2. The Kier molecular flexibility index (Phi) is 4.41. The Labute approximate surface area is 159 Å². The molecule has 1 aliphatic carbocycles. The van der Waals surface area contributed by atoms with E-state index in [4.69, 9.17) is 4.74 Å². The Bertz CT molecular complexity index is 799. The number of morpholine rings is 1. The van der Waals surface area contributed by atoms with Crippen molar-refractivity contribution < 1.29 is 31.9 Å². The highest BCUT2D eigenvalue weighted by Gasteiger charge is 2.69. The van der Waals surface area contributed by atoms with Crippen LogP contribution in [0.15, 0.2) is 24.3 Å². The lowest BCUT2D eigenvalue weighted by Gasteiger charge is -2.47. The summed E-state index contributed by atoms with van der Waals surface area (Å²) in [5.41, 5.74) is -2.54. The minimum Gasteiger partial charge on any atom is -0.363 e. The third-order valence-corrected chi connectivity index (χ3v) is 6.03. The molecular weight excluding hydrogens is 380 g/mol. The van der Waals surface area contributed by atoms with Gasteiger partial charge in [-0.05, 0) is 43.9 Å². The third-order valence-electron chi connectivity index (χ3n) is 6.03. The summed E-state index contributed by atoms with van der Waals surface area (Å²) in [6, 6.07) is 5.67. The van der Waals surface area contributed by atoms with Crippen LogP contribution in [0.4, 0.5) is 23.2 Å². The minimum atomic E-state index is -4.53. The van der Waals surface area contributed by atoms with Gasteiger partial charge >= 0.3 is 6.18 Å². The van der Waals surface area contributed by atoms with Gasteiger partial charge in [-0.25, -0.2) is 4.39 Å². The average Bonchev–Trinajstić information content (AvgIpc) is 3.46. The number of piperidine rings is 1. The first-order valence-electron chi connectivity index (χ1n) is 9.22. The lowest BCUT2D eigenvalue weighted by molar-refractivity contribution is -0.201. The number of anilines is 1. The number of nitrogens with zero attached hydrogens (tertiary/aromatic N) is 2. The molecule has 3 aliphatic rings. The van der Waals surface area contributed by atoms with Gasteiger partial charge in [0.1, 0.15) is 17.8 Å². The van der Waals surface area contributed by atoms with E-state index in [1.807, 2.05) is 0 Å². The smallest absolute Gasteiger partial charge is 0.363 e. The lowest BCUT2D eigenvalue weighted by Crippen LogP contribution is -2.60. The van der Waals surface area contributed by atoms with Crippen molar-refractivity contribution in [1.82, 2.24) is 4.90 Å². The predicted octanol–water partition coefficient (Wildman–Crippen LogP) is 2.89. The van der Waals surface area contributed by atoms with Gasteiger partial charge in [0.15, 0.2) is 0 Å². The molecule has 0 aromatic heterocycles. The zero-order valence-electron chi connectivity index (χ0n) is 15.1. The maximum absolute atomic E-state index is 13.5. The molecule has 0 N–H and O–H groups in total. The van der Waals surface area contributed by atoms with Crippen molar-refractivity contribution in [3.05, 3.63) is 30.1 Å². The van der Waals surface area contributed by atoms with Gasteiger partial charge in [0, 0.05) is 18.8 Å². The molecule has 28 heavy (non-hydrogen) atoms. The fourth-order valence-electron chi connectivity index (χ4n) is 4.06. The monoisotopic (exact) mass is 400 g/mol. The Hall–Kier alpha value is -2.16. The first-order valence-corrected chi connectivity index (χ1v) is 9.22. The fraction of sp³-hybridized carbons (Fsp3) is 0.579. The van der Waals surface area contributed by atoms with E-state index in [2.05, 4.69) is 0 Å². The van der Waals surface area contributed by atoms with Crippen LogP contribution in [0.3, 0.4) is 0 Å². The Morgan fingerprint density at radius 2 is 1.79 bits per heavy atom. The van der Waals surface area contributed by atoms with Crippen molar-refractivity contribution in [2.24, 2.45) is 5.41 Å². The molecule has 2 saturated heterocycles. The summed E-state index contributed by atoms with van der Waals surface area (Å²) in [6.07, 6.45) is -4.19. The summed E-state index contributed by atoms with van der Waals surface area (Å²) < 4.78 is 58.9. The van der Waals surface area contributed by atoms with Crippen LogP contribution in [0.2, 0.25) is 0 Å². The van der Waals surface area contributed by atoms with Gasteiger partial charge in [0.25, 0.3) is 5.91 Å². The normalized spacial score (nSPS) is 23.8. The first-order chi connectivity index (χ1) is 13.2. The van der Waals surface area contributed by atoms with Crippen LogP contribution >= 0.6 is 0 Å². The quantitative estimate of drug-likeness (QED) is 0.718. The van der Waals surface area contributed by atoms with Crippen molar-refractivity contribution >= 4 is 17.5 Å². The number of hydrogen-bond acceptors (Lipinski definition) is 3. The molecule has 5 nitrogen and oxygen atoms in total. The zero-order chi connectivity index (χ0) is 20.2. The summed E-state index contributed by atoms with van der Waals surface area (Å²) in [5.74, 6) is -1.62. The highest BCUT2D eigenvalue weighted by atomic mass is 19.4. The van der Waals surface area contributed by atoms with E-state index in [9.17, 15) is 27.2 Å². The fourth-order valence-corrected chi connectivity index (χ4v) is 4.06. The number of carbonyl (C=O) groups excluding carboxylic acids is 2. The van der Waals surface area contributed by atoms with E-state index < -0.39 is 28.9 Å². The number of halogens is 4. The van der Waals surface area contributed by atoms with Gasteiger partial charge in [-0.3, -0.25) is 9.59 Å². The van der Waals surface area contributed by atoms with Crippen molar-refractivity contribution in [2.45, 2.75) is 37.5 Å². The Morgan fingerprint density at radius 1 is 1.11 bits per heavy atom. The first kappa shape index (κ1) is 19.2.